The molecule has 0 spiro atoms. The first-order valence-corrected chi connectivity index (χ1v) is 15.1. The average molecular weight is 602 g/mol. The number of nitrogens with one attached hydrogen (secondary N) is 2. The molecule has 5 N–H and O–H groups in total. The van der Waals surface area contributed by atoms with Crippen LogP contribution in [0.25, 0.3) is 0 Å². The van der Waals surface area contributed by atoms with Crippen molar-refractivity contribution in [3.05, 3.63) is 47.5 Å². The van der Waals surface area contributed by atoms with E-state index in [2.05, 4.69) is 28.8 Å². The number of hydrogen-bond donors (Lipinski definition) is 4. The molecule has 0 radical (unpaired) electrons. The van der Waals surface area contributed by atoms with Crippen LogP contribution < -0.4 is 16.4 Å². The Bertz CT molecular complexity index is 1190. The Hall–Kier alpha value is -3.55. The fraction of sp³-hybridized carbons (Fsp3) is 0.517. The molecule has 1 aromatic rings. The second-order valence-corrected chi connectivity index (χ2v) is 11.8. The van der Waals surface area contributed by atoms with Gasteiger partial charge < -0.3 is 21.5 Å². The molecular formula is C29H39N5O7S. The lowest BCUT2D eigenvalue weighted by molar-refractivity contribution is -0.140. The van der Waals surface area contributed by atoms with Gasteiger partial charge in [0.15, 0.2) is 0 Å². The number of nitrogens with two attached hydrogens (primary N) is 1. The van der Waals surface area contributed by atoms with E-state index in [9.17, 15) is 33.9 Å². The molecule has 0 aliphatic carbocycles. The Morgan fingerprint density at radius 3 is 2.21 bits per heavy atom. The molecule has 1 saturated heterocycles. The van der Waals surface area contributed by atoms with E-state index < -0.39 is 35.0 Å². The molecule has 6 amide bonds. The zero-order valence-corrected chi connectivity index (χ0v) is 24.6. The predicted molar refractivity (Wildman–Crippen MR) is 157 cm³/mol. The third-order valence-electron chi connectivity index (χ3n) is 6.78. The lowest BCUT2D eigenvalue weighted by atomic mass is 10.0. The van der Waals surface area contributed by atoms with Crippen LogP contribution in [0, 0.1) is 0 Å². The number of aliphatic hydroxyl groups excluding tert-OH is 1. The van der Waals surface area contributed by atoms with Crippen LogP contribution >= 0.6 is 11.8 Å². The molecule has 1 aromatic carbocycles. The van der Waals surface area contributed by atoms with E-state index in [0.717, 1.165) is 47.0 Å². The van der Waals surface area contributed by atoms with E-state index in [1.54, 1.807) is 0 Å². The summed E-state index contributed by atoms with van der Waals surface area (Å²) in [6.07, 6.45) is 3.65. The Morgan fingerprint density at radius 2 is 1.60 bits per heavy atom. The number of benzene rings is 1. The second-order valence-electron chi connectivity index (χ2n) is 10.5. The molecule has 13 heteroatoms. The summed E-state index contributed by atoms with van der Waals surface area (Å²) in [7, 11) is 0. The molecule has 0 bridgehead atoms. The monoisotopic (exact) mass is 601 g/mol. The molecule has 3 unspecified atom stereocenters. The highest BCUT2D eigenvalue weighted by atomic mass is 32.2. The van der Waals surface area contributed by atoms with Crippen molar-refractivity contribution in [2.45, 2.75) is 62.8 Å². The number of hydrogen-bond acceptors (Lipinski definition) is 9. The number of imide groups is 2. The highest BCUT2D eigenvalue weighted by Gasteiger charge is 2.38. The number of nitrogens with zero attached hydrogens (tertiary/aromatic N) is 2. The van der Waals surface area contributed by atoms with Crippen LogP contribution in [0.1, 0.15) is 43.7 Å². The van der Waals surface area contributed by atoms with Crippen LogP contribution in [0.3, 0.4) is 0 Å². The summed E-state index contributed by atoms with van der Waals surface area (Å²) in [5.41, 5.74) is 8.31. The Kier molecular flexibility index (Phi) is 12.7. The number of carbonyl (C=O) groups is 6. The van der Waals surface area contributed by atoms with Gasteiger partial charge in [-0.05, 0) is 43.1 Å². The number of amides is 6. The Balaban J connectivity index is 1.28. The first-order chi connectivity index (χ1) is 20.0. The molecule has 42 heavy (non-hydrogen) atoms. The van der Waals surface area contributed by atoms with Crippen molar-refractivity contribution >= 4 is 47.2 Å². The van der Waals surface area contributed by atoms with Crippen molar-refractivity contribution in [1.82, 2.24) is 20.4 Å². The van der Waals surface area contributed by atoms with E-state index >= 15 is 0 Å². The maximum Gasteiger partial charge on any atom is 0.253 e. The van der Waals surface area contributed by atoms with E-state index in [4.69, 9.17) is 5.73 Å². The molecule has 0 saturated carbocycles. The first kappa shape index (κ1) is 33.0. The highest BCUT2D eigenvalue weighted by Crippen LogP contribution is 2.26. The van der Waals surface area contributed by atoms with E-state index in [0.29, 0.717) is 0 Å². The number of thioether (sulfide) groups is 1. The fourth-order valence-corrected chi connectivity index (χ4v) is 5.72. The minimum Gasteiger partial charge on any atom is -0.389 e. The molecule has 3 atom stereocenters. The molecule has 2 aliphatic heterocycles. The van der Waals surface area contributed by atoms with Gasteiger partial charge in [-0.15, -0.1) is 11.8 Å². The maximum absolute atomic E-state index is 12.7. The van der Waals surface area contributed by atoms with Gasteiger partial charge in [0, 0.05) is 63.6 Å². The summed E-state index contributed by atoms with van der Waals surface area (Å²) in [5, 5.41) is 14.6. The van der Waals surface area contributed by atoms with Gasteiger partial charge in [0.25, 0.3) is 11.8 Å². The van der Waals surface area contributed by atoms with Crippen LogP contribution in [0.4, 0.5) is 0 Å². The largest absolute Gasteiger partial charge is 0.389 e. The van der Waals surface area contributed by atoms with Gasteiger partial charge >= 0.3 is 0 Å². The summed E-state index contributed by atoms with van der Waals surface area (Å²) in [4.78, 5) is 74.4. The summed E-state index contributed by atoms with van der Waals surface area (Å²) in [5.74, 6) is -1.71. The number of likely N-dealkylation sites (tertiary alicyclic amines) is 1. The lowest BCUT2D eigenvalue weighted by Gasteiger charge is -2.16. The second kappa shape index (κ2) is 16.2. The van der Waals surface area contributed by atoms with Crippen molar-refractivity contribution in [3.8, 4) is 0 Å². The van der Waals surface area contributed by atoms with E-state index in [1.807, 2.05) is 13.0 Å². The standard InChI is InChI=1S/C29H39N5O7S/c1-19(30)14-21-5-2-4-20(15-21)6-3-13-42-23-16-28(40)34(29(23)41)12-10-25(37)32-18-22(35)17-31-24(36)9-11-33-26(38)7-8-27(33)39/h2,4-5,7-8,15,19,22-23,35H,3,6,9-14,16-18,30H2,1H3,(H,31,36)(H,32,37). The molecule has 0 aromatic heterocycles. The van der Waals surface area contributed by atoms with Crippen LogP contribution in [0.15, 0.2) is 36.4 Å². The highest BCUT2D eigenvalue weighted by molar-refractivity contribution is 8.00. The topological polar surface area (TPSA) is 179 Å². The zero-order valence-electron chi connectivity index (χ0n) is 23.8. The zero-order chi connectivity index (χ0) is 30.6. The van der Waals surface area contributed by atoms with Crippen molar-refractivity contribution in [3.63, 3.8) is 0 Å². The summed E-state index contributed by atoms with van der Waals surface area (Å²) < 4.78 is 0. The number of rotatable bonds is 17. The van der Waals surface area contributed by atoms with E-state index in [-0.39, 0.29) is 63.3 Å². The van der Waals surface area contributed by atoms with Gasteiger partial charge in [0.05, 0.1) is 11.4 Å². The maximum atomic E-state index is 12.7. The third-order valence-corrected chi connectivity index (χ3v) is 8.07. The van der Waals surface area contributed by atoms with Crippen molar-refractivity contribution < 1.29 is 33.9 Å². The Labute approximate surface area is 249 Å². The first-order valence-electron chi connectivity index (χ1n) is 14.1. The molecule has 228 valence electrons. The predicted octanol–water partition coefficient (Wildman–Crippen LogP) is -0.332. The minimum atomic E-state index is -1.07. The summed E-state index contributed by atoms with van der Waals surface area (Å²) in [6.45, 7) is 1.59. The Morgan fingerprint density at radius 1 is 1.00 bits per heavy atom. The smallest absolute Gasteiger partial charge is 0.253 e. The number of aryl methyl sites for hydroxylation is 1. The normalized spacial score (nSPS) is 18.1. The molecule has 1 fully saturated rings. The number of carbonyl (C=O) groups excluding carboxylic acids is 6. The van der Waals surface area contributed by atoms with Gasteiger partial charge in [-0.25, -0.2) is 0 Å². The van der Waals surface area contributed by atoms with Crippen molar-refractivity contribution in [2.24, 2.45) is 5.73 Å². The van der Waals surface area contributed by atoms with Crippen LogP contribution in [-0.4, -0.2) is 99.7 Å². The summed E-state index contributed by atoms with van der Waals surface area (Å²) >= 11 is 1.46. The van der Waals surface area contributed by atoms with Crippen molar-refractivity contribution in [1.29, 1.82) is 0 Å². The van der Waals surface area contributed by atoms with Crippen LogP contribution in [0.5, 0.6) is 0 Å². The molecule has 3 rings (SSSR count). The van der Waals surface area contributed by atoms with Gasteiger partial charge in [-0.2, -0.15) is 0 Å². The van der Waals surface area contributed by atoms with Gasteiger partial charge in [-0.3, -0.25) is 38.6 Å². The van der Waals surface area contributed by atoms with Crippen molar-refractivity contribution in [2.75, 3.05) is 31.9 Å². The number of aliphatic hydroxyl groups is 1. The average Bonchev–Trinajstić information content (AvgIpc) is 3.41. The third kappa shape index (κ3) is 10.4. The van der Waals surface area contributed by atoms with E-state index in [1.165, 1.54) is 22.9 Å². The molecular weight excluding hydrogens is 562 g/mol. The van der Waals surface area contributed by atoms with Gasteiger partial charge in [0.1, 0.15) is 0 Å². The van der Waals surface area contributed by atoms with Crippen LogP contribution in [0.2, 0.25) is 0 Å². The van der Waals surface area contributed by atoms with Gasteiger partial charge in [-0.1, -0.05) is 24.3 Å². The molecule has 12 nitrogen and oxygen atoms in total. The summed E-state index contributed by atoms with van der Waals surface area (Å²) in [6, 6.07) is 8.42. The minimum absolute atomic E-state index is 0.0391. The lowest BCUT2D eigenvalue weighted by Crippen LogP contribution is -2.42. The molecule has 2 heterocycles. The fourth-order valence-electron chi connectivity index (χ4n) is 4.59. The van der Waals surface area contributed by atoms with Gasteiger partial charge in [0.2, 0.25) is 23.6 Å². The van der Waals surface area contributed by atoms with Crippen LogP contribution in [-0.2, 0) is 41.6 Å². The molecule has 2 aliphatic rings. The SMILES string of the molecule is CC(N)Cc1cccc(CCCSC2CC(=O)N(CCC(=O)NCC(O)CNC(=O)CCN3C(=O)C=CC3=O)C2=O)c1. The quantitative estimate of drug-likeness (QED) is 0.137.